The zero-order valence-corrected chi connectivity index (χ0v) is 16.0. The maximum absolute atomic E-state index is 12.0. The van der Waals surface area contributed by atoms with Crippen molar-refractivity contribution in [2.24, 2.45) is 0 Å². The molecule has 24 heavy (non-hydrogen) atoms. The Morgan fingerprint density at radius 1 is 1.17 bits per heavy atom. The Morgan fingerprint density at radius 2 is 1.88 bits per heavy atom. The van der Waals surface area contributed by atoms with Gasteiger partial charge in [0.15, 0.2) is 0 Å². The molecule has 0 N–H and O–H groups in total. The fraction of sp³-hybridized carbons (Fsp3) is 0.316. The lowest BCUT2D eigenvalue weighted by Gasteiger charge is -2.47. The summed E-state index contributed by atoms with van der Waals surface area (Å²) in [5.74, 6) is 0. The third-order valence-electron chi connectivity index (χ3n) is 5.24. The van der Waals surface area contributed by atoms with E-state index in [1.165, 1.54) is 0 Å². The normalized spacial score (nSPS) is 15.4. The third kappa shape index (κ3) is 2.89. The monoisotopic (exact) mass is 336 g/mol. The number of allylic oxidation sites excluding steroid dienone is 2. The molecule has 0 aliphatic carbocycles. The zero-order chi connectivity index (χ0) is 17.5. The van der Waals surface area contributed by atoms with Crippen molar-refractivity contribution in [1.82, 2.24) is 4.48 Å². The van der Waals surface area contributed by atoms with E-state index in [0.717, 1.165) is 16.4 Å². The van der Waals surface area contributed by atoms with Crippen LogP contribution in [0.5, 0.6) is 0 Å². The molecule has 123 valence electrons. The van der Waals surface area contributed by atoms with Crippen LogP contribution < -0.4 is 5.63 Å². The lowest BCUT2D eigenvalue weighted by molar-refractivity contribution is 0.560. The minimum atomic E-state index is -1.71. The van der Waals surface area contributed by atoms with Gasteiger partial charge >= 0.3 is 5.63 Å². The van der Waals surface area contributed by atoms with E-state index in [1.54, 1.807) is 6.07 Å². The largest absolute Gasteiger partial charge is 0.448 e. The molecule has 2 heterocycles. The average molecular weight is 336 g/mol. The van der Waals surface area contributed by atoms with Crippen molar-refractivity contribution in [3.05, 3.63) is 64.7 Å². The lowest BCUT2D eigenvalue weighted by Crippen LogP contribution is -2.54. The van der Waals surface area contributed by atoms with Crippen molar-refractivity contribution in [1.29, 1.82) is 0 Å². The molecular weight excluding hydrogens is 313 g/mol. The Hall–Kier alpha value is -2.01. The minimum Gasteiger partial charge on any atom is -0.448 e. The van der Waals surface area contributed by atoms with Crippen LogP contribution >= 0.6 is 0 Å². The molecule has 0 amide bonds. The molecule has 0 bridgehead atoms. The van der Waals surface area contributed by atoms with Crippen molar-refractivity contribution in [2.45, 2.75) is 38.9 Å². The topological polar surface area (TPSA) is 33.5 Å². The van der Waals surface area contributed by atoms with E-state index in [9.17, 15) is 4.79 Å². The first-order valence-electron chi connectivity index (χ1n) is 8.25. The van der Waals surface area contributed by atoms with Gasteiger partial charge in [-0.05, 0) is 28.9 Å². The Bertz CT molecular complexity index is 890. The van der Waals surface area contributed by atoms with Crippen LogP contribution in [0.15, 0.2) is 57.9 Å². The molecule has 1 radical (unpaired) electrons. The molecular formula is C19H23BNO2Si. The summed E-state index contributed by atoms with van der Waals surface area (Å²) in [6.07, 6.45) is 6.28. The lowest BCUT2D eigenvalue weighted by atomic mass is 9.75. The highest BCUT2D eigenvalue weighted by molar-refractivity contribution is 6.86. The van der Waals surface area contributed by atoms with Crippen molar-refractivity contribution in [3.63, 3.8) is 0 Å². The van der Waals surface area contributed by atoms with Crippen LogP contribution in [0.25, 0.3) is 16.4 Å². The second kappa shape index (κ2) is 5.81. The molecule has 0 atom stereocenters. The summed E-state index contributed by atoms with van der Waals surface area (Å²) in [4.78, 5) is 12.0. The molecule has 2 aromatic rings. The van der Waals surface area contributed by atoms with Gasteiger partial charge in [0, 0.05) is 11.5 Å². The molecule has 0 fully saturated rings. The molecule has 0 spiro atoms. The summed E-state index contributed by atoms with van der Waals surface area (Å²) in [5.41, 5.74) is 2.29. The highest BCUT2D eigenvalue weighted by Gasteiger charge is 2.40. The Kier molecular flexibility index (Phi) is 4.08. The maximum atomic E-state index is 12.0. The number of nitrogens with zero attached hydrogens (tertiary/aromatic N) is 1. The van der Waals surface area contributed by atoms with Gasteiger partial charge in [-0.3, -0.25) is 0 Å². The van der Waals surface area contributed by atoms with E-state index in [0.29, 0.717) is 5.58 Å². The third-order valence-corrected chi connectivity index (χ3v) is 10.5. The van der Waals surface area contributed by atoms with Crippen LogP contribution in [0.4, 0.5) is 0 Å². The first kappa shape index (κ1) is 16.8. The fourth-order valence-electron chi connectivity index (χ4n) is 2.72. The summed E-state index contributed by atoms with van der Waals surface area (Å²) < 4.78 is 7.69. The van der Waals surface area contributed by atoms with Gasteiger partial charge in [-0.15, -0.1) is 0 Å². The Morgan fingerprint density at radius 3 is 2.58 bits per heavy atom. The molecule has 3 nitrogen and oxygen atoms in total. The molecule has 1 aromatic heterocycles. The van der Waals surface area contributed by atoms with Crippen molar-refractivity contribution >= 4 is 32.1 Å². The first-order chi connectivity index (χ1) is 11.2. The number of benzene rings is 1. The fourth-order valence-corrected chi connectivity index (χ4v) is 4.42. The highest BCUT2D eigenvalue weighted by Crippen LogP contribution is 2.39. The van der Waals surface area contributed by atoms with E-state index in [2.05, 4.69) is 64.1 Å². The summed E-state index contributed by atoms with van der Waals surface area (Å²) in [7, 11) is 0.468. The average Bonchev–Trinajstić information content (AvgIpc) is 2.53. The van der Waals surface area contributed by atoms with E-state index in [1.807, 2.05) is 24.3 Å². The molecule has 1 aliphatic rings. The number of hydrogen-bond acceptors (Lipinski definition) is 3. The van der Waals surface area contributed by atoms with Gasteiger partial charge in [0.05, 0.1) is 0 Å². The summed E-state index contributed by atoms with van der Waals surface area (Å²) in [6.45, 7) is 11.6. The second-order valence-corrected chi connectivity index (χ2v) is 12.9. The first-order valence-corrected chi connectivity index (χ1v) is 11.2. The standard InChI is InChI=1S/C19H23BNO2Si/c1-19(2,3)24(4,5)21-12-8-10-16(20-21)15-13-18(22)23-17-11-7-6-9-14(15)17/h6-13H,1-5H3. The number of rotatable bonds is 2. The number of hydrogen-bond donors (Lipinski definition) is 0. The van der Waals surface area contributed by atoms with Crippen LogP contribution in [0.3, 0.4) is 0 Å². The van der Waals surface area contributed by atoms with Gasteiger partial charge in [0.25, 0.3) is 7.41 Å². The van der Waals surface area contributed by atoms with Crippen LogP contribution in [-0.4, -0.2) is 20.1 Å². The maximum Gasteiger partial charge on any atom is 0.336 e. The zero-order valence-electron chi connectivity index (χ0n) is 15.0. The molecule has 5 heteroatoms. The van der Waals surface area contributed by atoms with Gasteiger partial charge in [0.1, 0.15) is 13.8 Å². The smallest absolute Gasteiger partial charge is 0.336 e. The Balaban J connectivity index is 2.05. The van der Waals surface area contributed by atoms with Gasteiger partial charge in [0.2, 0.25) is 0 Å². The molecule has 3 rings (SSSR count). The Labute approximate surface area is 145 Å². The van der Waals surface area contributed by atoms with E-state index in [4.69, 9.17) is 4.42 Å². The van der Waals surface area contributed by atoms with E-state index < -0.39 is 8.24 Å². The van der Waals surface area contributed by atoms with Gasteiger partial charge in [-0.2, -0.15) is 0 Å². The molecule has 0 unspecified atom stereocenters. The SMILES string of the molecule is CC(C)(C)[Si](C)(C)N1[B]C(c2cc(=O)oc3ccccc23)=CC=C1. The number of para-hydroxylation sites is 1. The van der Waals surface area contributed by atoms with Crippen molar-refractivity contribution in [3.8, 4) is 0 Å². The van der Waals surface area contributed by atoms with Crippen LogP contribution in [0.2, 0.25) is 18.1 Å². The van der Waals surface area contributed by atoms with Crippen LogP contribution in [-0.2, 0) is 0 Å². The summed E-state index contributed by atoms with van der Waals surface area (Å²) in [6, 6.07) is 9.28. The van der Waals surface area contributed by atoms with E-state index in [-0.39, 0.29) is 10.7 Å². The quantitative estimate of drug-likeness (QED) is 0.594. The predicted octanol–water partition coefficient (Wildman–Crippen LogP) is 4.59. The highest BCUT2D eigenvalue weighted by atomic mass is 28.3. The predicted molar refractivity (Wildman–Crippen MR) is 104 cm³/mol. The van der Waals surface area contributed by atoms with Crippen molar-refractivity contribution < 1.29 is 4.42 Å². The van der Waals surface area contributed by atoms with Gasteiger partial charge < -0.3 is 8.89 Å². The molecule has 0 saturated carbocycles. The van der Waals surface area contributed by atoms with Crippen molar-refractivity contribution in [2.75, 3.05) is 0 Å². The summed E-state index contributed by atoms with van der Waals surface area (Å²) >= 11 is 0. The van der Waals surface area contributed by atoms with E-state index >= 15 is 0 Å². The number of fused-ring (bicyclic) bond motifs is 1. The van der Waals surface area contributed by atoms with Crippen LogP contribution in [0.1, 0.15) is 26.3 Å². The van der Waals surface area contributed by atoms with Gasteiger partial charge in [-0.1, -0.05) is 63.6 Å². The molecule has 1 aromatic carbocycles. The van der Waals surface area contributed by atoms with Gasteiger partial charge in [-0.25, -0.2) is 4.79 Å². The second-order valence-electron chi connectivity index (χ2n) is 7.78. The molecule has 0 saturated heterocycles. The van der Waals surface area contributed by atoms with Crippen LogP contribution in [0, 0.1) is 0 Å². The minimum absolute atomic E-state index is 0.230. The molecule has 1 aliphatic heterocycles. The summed E-state index contributed by atoms with van der Waals surface area (Å²) in [5, 5.41) is 1.19.